The van der Waals surface area contributed by atoms with Gasteiger partial charge in [-0.2, -0.15) is 0 Å². The third kappa shape index (κ3) is 6.10. The van der Waals surface area contributed by atoms with E-state index in [2.05, 4.69) is 36.1 Å². The van der Waals surface area contributed by atoms with Gasteiger partial charge in [0.25, 0.3) is 0 Å². The van der Waals surface area contributed by atoms with E-state index in [0.29, 0.717) is 6.04 Å². The summed E-state index contributed by atoms with van der Waals surface area (Å²) in [5.74, 6) is 0. The first kappa shape index (κ1) is 12.9. The molecule has 0 radical (unpaired) electrons. The predicted molar refractivity (Wildman–Crippen MR) is 63.3 cm³/mol. The second-order valence-corrected chi connectivity index (χ2v) is 4.57. The van der Waals surface area contributed by atoms with Crippen LogP contribution in [0.2, 0.25) is 0 Å². The zero-order valence-electron chi connectivity index (χ0n) is 10.3. The molecule has 1 heterocycles. The highest BCUT2D eigenvalue weighted by Gasteiger charge is 2.12. The second-order valence-electron chi connectivity index (χ2n) is 4.57. The summed E-state index contributed by atoms with van der Waals surface area (Å²) in [6.45, 7) is 9.52. The van der Waals surface area contributed by atoms with Crippen molar-refractivity contribution < 1.29 is 4.74 Å². The minimum Gasteiger partial charge on any atom is -0.379 e. The molecule has 0 aromatic heterocycles. The molecule has 4 heteroatoms. The normalized spacial score (nSPS) is 20.8. The quantitative estimate of drug-likeness (QED) is 0.667. The smallest absolute Gasteiger partial charge is 0.0594 e. The number of nitrogens with zero attached hydrogens (tertiary/aromatic N) is 2. The molecule has 1 aliphatic rings. The van der Waals surface area contributed by atoms with Crippen LogP contribution in [0.3, 0.4) is 0 Å². The summed E-state index contributed by atoms with van der Waals surface area (Å²) in [5.41, 5.74) is 0. The first-order valence-corrected chi connectivity index (χ1v) is 5.86. The van der Waals surface area contributed by atoms with Gasteiger partial charge in [0.05, 0.1) is 13.2 Å². The van der Waals surface area contributed by atoms with E-state index in [0.717, 1.165) is 45.9 Å². The minimum absolute atomic E-state index is 0.572. The van der Waals surface area contributed by atoms with Gasteiger partial charge in [0.2, 0.25) is 0 Å². The van der Waals surface area contributed by atoms with Crippen LogP contribution < -0.4 is 5.32 Å². The lowest BCUT2D eigenvalue weighted by atomic mass is 10.3. The van der Waals surface area contributed by atoms with Crippen LogP contribution in [0.1, 0.15) is 6.92 Å². The maximum Gasteiger partial charge on any atom is 0.0594 e. The molecule has 0 spiro atoms. The maximum absolute atomic E-state index is 5.33. The SMILES string of the molecule is CC(CN1CCOCC1)NCCN(C)C. The summed E-state index contributed by atoms with van der Waals surface area (Å²) < 4.78 is 5.33. The molecule has 15 heavy (non-hydrogen) atoms. The number of ether oxygens (including phenoxy) is 1. The largest absolute Gasteiger partial charge is 0.379 e. The van der Waals surface area contributed by atoms with E-state index in [1.807, 2.05) is 0 Å². The first-order valence-electron chi connectivity index (χ1n) is 5.86. The summed E-state index contributed by atoms with van der Waals surface area (Å²) >= 11 is 0. The highest BCUT2D eigenvalue weighted by Crippen LogP contribution is 1.98. The molecule has 0 aliphatic carbocycles. The molecule has 1 fully saturated rings. The molecule has 1 saturated heterocycles. The summed E-state index contributed by atoms with van der Waals surface area (Å²) in [6, 6.07) is 0.572. The number of morpholine rings is 1. The minimum atomic E-state index is 0.572. The molecule has 0 bridgehead atoms. The molecule has 1 N–H and O–H groups in total. The van der Waals surface area contributed by atoms with Crippen molar-refractivity contribution in [3.8, 4) is 0 Å². The fraction of sp³-hybridized carbons (Fsp3) is 1.00. The molecule has 1 unspecified atom stereocenters. The van der Waals surface area contributed by atoms with Gasteiger partial charge in [-0.15, -0.1) is 0 Å². The van der Waals surface area contributed by atoms with E-state index in [4.69, 9.17) is 4.74 Å². The fourth-order valence-electron chi connectivity index (χ4n) is 1.77. The lowest BCUT2D eigenvalue weighted by molar-refractivity contribution is 0.0343. The van der Waals surface area contributed by atoms with Crippen LogP contribution in [0.5, 0.6) is 0 Å². The zero-order valence-corrected chi connectivity index (χ0v) is 10.3. The van der Waals surface area contributed by atoms with Gasteiger partial charge in [0.1, 0.15) is 0 Å². The third-order valence-electron chi connectivity index (χ3n) is 2.69. The lowest BCUT2D eigenvalue weighted by Crippen LogP contribution is -2.45. The molecular weight excluding hydrogens is 190 g/mol. The van der Waals surface area contributed by atoms with Crippen LogP contribution in [0.4, 0.5) is 0 Å². The zero-order chi connectivity index (χ0) is 11.1. The van der Waals surface area contributed by atoms with Crippen molar-refractivity contribution in [1.82, 2.24) is 15.1 Å². The van der Waals surface area contributed by atoms with E-state index in [-0.39, 0.29) is 0 Å². The highest BCUT2D eigenvalue weighted by atomic mass is 16.5. The Hall–Kier alpha value is -0.160. The Bertz CT molecular complexity index is 158. The molecule has 0 aromatic rings. The summed E-state index contributed by atoms with van der Waals surface area (Å²) in [6.07, 6.45) is 0. The molecule has 1 aliphatic heterocycles. The summed E-state index contributed by atoms with van der Waals surface area (Å²) in [5, 5.41) is 3.54. The average Bonchev–Trinajstić information content (AvgIpc) is 2.18. The third-order valence-corrected chi connectivity index (χ3v) is 2.69. The number of nitrogens with one attached hydrogen (secondary N) is 1. The molecule has 0 amide bonds. The van der Waals surface area contributed by atoms with E-state index >= 15 is 0 Å². The number of hydrogen-bond acceptors (Lipinski definition) is 4. The van der Waals surface area contributed by atoms with Crippen LogP contribution >= 0.6 is 0 Å². The van der Waals surface area contributed by atoms with Crippen molar-refractivity contribution in [2.24, 2.45) is 0 Å². The molecule has 0 aromatic carbocycles. The molecule has 4 nitrogen and oxygen atoms in total. The van der Waals surface area contributed by atoms with E-state index in [1.54, 1.807) is 0 Å². The standard InChI is InChI=1S/C11H25N3O/c1-11(12-4-5-13(2)3)10-14-6-8-15-9-7-14/h11-12H,4-10H2,1-3H3. The van der Waals surface area contributed by atoms with Gasteiger partial charge in [-0.05, 0) is 21.0 Å². The van der Waals surface area contributed by atoms with Gasteiger partial charge in [-0.1, -0.05) is 0 Å². The molecule has 1 rings (SSSR count). The number of hydrogen-bond donors (Lipinski definition) is 1. The average molecular weight is 215 g/mol. The van der Waals surface area contributed by atoms with Gasteiger partial charge in [-0.3, -0.25) is 4.90 Å². The van der Waals surface area contributed by atoms with Crippen molar-refractivity contribution in [2.45, 2.75) is 13.0 Å². The predicted octanol–water partition coefficient (Wildman–Crippen LogP) is -0.142. The van der Waals surface area contributed by atoms with E-state index in [9.17, 15) is 0 Å². The molecule has 1 atom stereocenters. The van der Waals surface area contributed by atoms with E-state index in [1.165, 1.54) is 0 Å². The molecular formula is C11H25N3O. The van der Waals surface area contributed by atoms with Crippen molar-refractivity contribution >= 4 is 0 Å². The molecule has 0 saturated carbocycles. The topological polar surface area (TPSA) is 27.7 Å². The Morgan fingerprint density at radius 2 is 2.00 bits per heavy atom. The highest BCUT2D eigenvalue weighted by molar-refractivity contribution is 4.70. The molecule has 90 valence electrons. The van der Waals surface area contributed by atoms with Gasteiger partial charge in [0.15, 0.2) is 0 Å². The summed E-state index contributed by atoms with van der Waals surface area (Å²) in [7, 11) is 4.21. The van der Waals surface area contributed by atoms with Crippen LogP contribution in [-0.4, -0.2) is 75.9 Å². The summed E-state index contributed by atoms with van der Waals surface area (Å²) in [4.78, 5) is 4.67. The number of likely N-dealkylation sites (N-methyl/N-ethyl adjacent to an activating group) is 1. The van der Waals surface area contributed by atoms with Crippen molar-refractivity contribution in [3.05, 3.63) is 0 Å². The van der Waals surface area contributed by atoms with Gasteiger partial charge < -0.3 is 15.0 Å². The maximum atomic E-state index is 5.33. The van der Waals surface area contributed by atoms with Gasteiger partial charge in [-0.25, -0.2) is 0 Å². The second kappa shape index (κ2) is 7.17. The lowest BCUT2D eigenvalue weighted by Gasteiger charge is -2.29. The Morgan fingerprint density at radius 3 is 2.60 bits per heavy atom. The number of rotatable bonds is 6. The first-order chi connectivity index (χ1) is 7.18. The van der Waals surface area contributed by atoms with Gasteiger partial charge >= 0.3 is 0 Å². The van der Waals surface area contributed by atoms with Crippen LogP contribution in [-0.2, 0) is 4.74 Å². The Kier molecular flexibility index (Phi) is 6.17. The van der Waals surface area contributed by atoms with Crippen molar-refractivity contribution in [3.63, 3.8) is 0 Å². The van der Waals surface area contributed by atoms with Crippen LogP contribution in [0.15, 0.2) is 0 Å². The monoisotopic (exact) mass is 215 g/mol. The van der Waals surface area contributed by atoms with Crippen LogP contribution in [0.25, 0.3) is 0 Å². The Balaban J connectivity index is 2.03. The fourth-order valence-corrected chi connectivity index (χ4v) is 1.77. The Morgan fingerprint density at radius 1 is 1.33 bits per heavy atom. The van der Waals surface area contributed by atoms with Crippen molar-refractivity contribution in [2.75, 3.05) is 60.0 Å². The Labute approximate surface area is 93.6 Å². The van der Waals surface area contributed by atoms with Crippen molar-refractivity contribution in [1.29, 1.82) is 0 Å². The van der Waals surface area contributed by atoms with E-state index < -0.39 is 0 Å². The van der Waals surface area contributed by atoms with Crippen LogP contribution in [0, 0.1) is 0 Å². The van der Waals surface area contributed by atoms with Gasteiger partial charge in [0, 0.05) is 38.8 Å².